The van der Waals surface area contributed by atoms with Crippen LogP contribution in [0.2, 0.25) is 0 Å². The van der Waals surface area contributed by atoms with E-state index in [0.29, 0.717) is 6.54 Å². The number of benzene rings is 1. The van der Waals surface area contributed by atoms with E-state index in [0.717, 1.165) is 16.3 Å². The van der Waals surface area contributed by atoms with E-state index in [9.17, 15) is 4.79 Å². The molecule has 0 spiro atoms. The normalized spacial score (nSPS) is 14.6. The molecule has 0 unspecified atom stereocenters. The van der Waals surface area contributed by atoms with Crippen molar-refractivity contribution in [1.29, 1.82) is 0 Å². The lowest BCUT2D eigenvalue weighted by Crippen LogP contribution is -2.35. The van der Waals surface area contributed by atoms with Crippen molar-refractivity contribution in [2.24, 2.45) is 0 Å². The van der Waals surface area contributed by atoms with E-state index < -0.39 is 0 Å². The Morgan fingerprint density at radius 2 is 2.33 bits per heavy atom. The maximum absolute atomic E-state index is 11.6. The molecular weight excluding hydrogens is 234 g/mol. The van der Waals surface area contributed by atoms with Crippen molar-refractivity contribution in [3.63, 3.8) is 0 Å². The fourth-order valence-electron chi connectivity index (χ4n) is 1.48. The number of nitrogens with zero attached hydrogens (tertiary/aromatic N) is 1. The van der Waals surface area contributed by atoms with Crippen LogP contribution in [0.5, 0.6) is 0 Å². The second-order valence-electron chi connectivity index (χ2n) is 2.99. The molecule has 15 heavy (non-hydrogen) atoms. The van der Waals surface area contributed by atoms with Crippen molar-refractivity contribution in [2.45, 2.75) is 4.90 Å². The number of halogens is 1. The Kier molecular flexibility index (Phi) is 3.38. The van der Waals surface area contributed by atoms with Crippen molar-refractivity contribution in [3.05, 3.63) is 24.3 Å². The number of hydrogen-bond acceptors (Lipinski definition) is 3. The third kappa shape index (κ3) is 2.21. The SMILES string of the molecule is O=C(OCCl)N1CCSc2ccccc21. The van der Waals surface area contributed by atoms with Crippen LogP contribution in [-0.2, 0) is 4.74 Å². The lowest BCUT2D eigenvalue weighted by atomic mass is 10.3. The molecule has 1 aromatic carbocycles. The summed E-state index contributed by atoms with van der Waals surface area (Å²) in [5, 5.41) is 0. The first-order valence-electron chi connectivity index (χ1n) is 4.55. The predicted octanol–water partition coefficient (Wildman–Crippen LogP) is 2.93. The highest BCUT2D eigenvalue weighted by molar-refractivity contribution is 7.99. The van der Waals surface area contributed by atoms with Gasteiger partial charge in [0.15, 0.2) is 6.07 Å². The van der Waals surface area contributed by atoms with Gasteiger partial charge in [0.1, 0.15) is 0 Å². The smallest absolute Gasteiger partial charge is 0.415 e. The minimum Gasteiger partial charge on any atom is -0.433 e. The molecule has 0 aromatic heterocycles. The highest BCUT2D eigenvalue weighted by Crippen LogP contribution is 2.34. The van der Waals surface area contributed by atoms with E-state index in [2.05, 4.69) is 0 Å². The molecule has 0 atom stereocenters. The molecule has 0 N–H and O–H groups in total. The van der Waals surface area contributed by atoms with Crippen LogP contribution in [0.25, 0.3) is 0 Å². The van der Waals surface area contributed by atoms with Gasteiger partial charge in [0.25, 0.3) is 0 Å². The molecule has 5 heteroatoms. The molecule has 1 amide bonds. The van der Waals surface area contributed by atoms with Gasteiger partial charge < -0.3 is 4.74 Å². The number of ether oxygens (including phenoxy) is 1. The van der Waals surface area contributed by atoms with E-state index in [-0.39, 0.29) is 12.2 Å². The van der Waals surface area contributed by atoms with Crippen LogP contribution in [0.4, 0.5) is 10.5 Å². The zero-order valence-electron chi connectivity index (χ0n) is 7.98. The molecule has 0 saturated heterocycles. The number of amides is 1. The van der Waals surface area contributed by atoms with Crippen LogP contribution in [0.3, 0.4) is 0 Å². The summed E-state index contributed by atoms with van der Waals surface area (Å²) in [6, 6.07) is 7.68. The Bertz CT molecular complexity index is 372. The minimum atomic E-state index is -0.377. The summed E-state index contributed by atoms with van der Waals surface area (Å²) in [5.41, 5.74) is 0.906. The second kappa shape index (κ2) is 4.77. The topological polar surface area (TPSA) is 29.5 Å². The summed E-state index contributed by atoms with van der Waals surface area (Å²) in [6.45, 7) is 0.664. The van der Waals surface area contributed by atoms with Crippen LogP contribution < -0.4 is 4.90 Å². The molecule has 3 nitrogen and oxygen atoms in total. The zero-order chi connectivity index (χ0) is 10.7. The highest BCUT2D eigenvalue weighted by Gasteiger charge is 2.23. The number of carbonyl (C=O) groups is 1. The molecule has 0 saturated carbocycles. The molecule has 0 bridgehead atoms. The molecular formula is C10H10ClNO2S. The minimum absolute atomic E-state index is 0.107. The van der Waals surface area contributed by atoms with Gasteiger partial charge in [-0.3, -0.25) is 4.90 Å². The third-order valence-electron chi connectivity index (χ3n) is 2.13. The lowest BCUT2D eigenvalue weighted by molar-refractivity contribution is 0.172. The zero-order valence-corrected chi connectivity index (χ0v) is 9.55. The Balaban J connectivity index is 2.25. The number of thioether (sulfide) groups is 1. The molecule has 1 aromatic rings. The highest BCUT2D eigenvalue weighted by atomic mass is 35.5. The summed E-state index contributed by atoms with van der Waals surface area (Å²) in [7, 11) is 0. The van der Waals surface area contributed by atoms with E-state index in [1.54, 1.807) is 16.7 Å². The summed E-state index contributed by atoms with van der Waals surface area (Å²) in [6.07, 6.45) is -0.377. The number of anilines is 1. The first kappa shape index (κ1) is 10.6. The van der Waals surface area contributed by atoms with Crippen molar-refractivity contribution in [1.82, 2.24) is 0 Å². The third-order valence-corrected chi connectivity index (χ3v) is 3.28. The Morgan fingerprint density at radius 1 is 1.53 bits per heavy atom. The largest absolute Gasteiger partial charge is 0.433 e. The van der Waals surface area contributed by atoms with Gasteiger partial charge >= 0.3 is 6.09 Å². The molecule has 80 valence electrons. The number of para-hydroxylation sites is 1. The van der Waals surface area contributed by atoms with Gasteiger partial charge in [-0.2, -0.15) is 0 Å². The Hall–Kier alpha value is -0.870. The first-order valence-corrected chi connectivity index (χ1v) is 6.07. The average Bonchev–Trinajstić information content (AvgIpc) is 2.28. The molecule has 2 rings (SSSR count). The first-order chi connectivity index (χ1) is 7.33. The van der Waals surface area contributed by atoms with Gasteiger partial charge in [0.05, 0.1) is 5.69 Å². The van der Waals surface area contributed by atoms with Gasteiger partial charge in [-0.15, -0.1) is 11.8 Å². The maximum atomic E-state index is 11.6. The predicted molar refractivity (Wildman–Crippen MR) is 61.7 cm³/mol. The fraction of sp³-hybridized carbons (Fsp3) is 0.300. The molecule has 0 aliphatic carbocycles. The Morgan fingerprint density at radius 3 is 3.13 bits per heavy atom. The molecule has 1 aliphatic rings. The molecule has 0 radical (unpaired) electrons. The van der Waals surface area contributed by atoms with Gasteiger partial charge in [-0.25, -0.2) is 4.79 Å². The van der Waals surface area contributed by atoms with E-state index in [1.807, 2.05) is 24.3 Å². The number of fused-ring (bicyclic) bond motifs is 1. The lowest BCUT2D eigenvalue weighted by Gasteiger charge is -2.27. The van der Waals surface area contributed by atoms with E-state index in [1.165, 1.54) is 0 Å². The van der Waals surface area contributed by atoms with Crippen LogP contribution in [0, 0.1) is 0 Å². The van der Waals surface area contributed by atoms with Gasteiger partial charge in [0, 0.05) is 17.2 Å². The van der Waals surface area contributed by atoms with Gasteiger partial charge in [-0.1, -0.05) is 23.7 Å². The molecule has 0 fully saturated rings. The number of hydrogen-bond donors (Lipinski definition) is 0. The van der Waals surface area contributed by atoms with Crippen LogP contribution in [-0.4, -0.2) is 24.5 Å². The standard InChI is InChI=1S/C10H10ClNO2S/c11-7-14-10(13)12-5-6-15-9-4-2-1-3-8(9)12/h1-4H,5-7H2. The quantitative estimate of drug-likeness (QED) is 0.711. The number of alkyl halides is 1. The van der Waals surface area contributed by atoms with E-state index in [4.69, 9.17) is 16.3 Å². The van der Waals surface area contributed by atoms with Crippen LogP contribution in [0.15, 0.2) is 29.2 Å². The van der Waals surface area contributed by atoms with E-state index >= 15 is 0 Å². The fourth-order valence-corrected chi connectivity index (χ4v) is 2.57. The maximum Gasteiger partial charge on any atom is 0.415 e. The van der Waals surface area contributed by atoms with Crippen LogP contribution >= 0.6 is 23.4 Å². The van der Waals surface area contributed by atoms with Crippen molar-refractivity contribution in [2.75, 3.05) is 23.3 Å². The summed E-state index contributed by atoms with van der Waals surface area (Å²) in [4.78, 5) is 14.3. The Labute approximate surface area is 97.3 Å². The second-order valence-corrected chi connectivity index (χ2v) is 4.34. The summed E-state index contributed by atoms with van der Waals surface area (Å²) < 4.78 is 4.78. The van der Waals surface area contributed by atoms with Crippen molar-refractivity contribution in [3.8, 4) is 0 Å². The van der Waals surface area contributed by atoms with Gasteiger partial charge in [-0.05, 0) is 12.1 Å². The average molecular weight is 244 g/mol. The van der Waals surface area contributed by atoms with Crippen LogP contribution in [0.1, 0.15) is 0 Å². The number of carbonyl (C=O) groups excluding carboxylic acids is 1. The summed E-state index contributed by atoms with van der Waals surface area (Å²) in [5.74, 6) is 0.883. The molecule has 1 heterocycles. The number of rotatable bonds is 1. The monoisotopic (exact) mass is 243 g/mol. The van der Waals surface area contributed by atoms with Gasteiger partial charge in [0.2, 0.25) is 0 Å². The summed E-state index contributed by atoms with van der Waals surface area (Å²) >= 11 is 7.11. The van der Waals surface area contributed by atoms with Crippen molar-refractivity contribution >= 4 is 35.1 Å². The van der Waals surface area contributed by atoms with Crippen molar-refractivity contribution < 1.29 is 9.53 Å². The molecule has 1 aliphatic heterocycles.